The van der Waals surface area contributed by atoms with Crippen LogP contribution >= 0.6 is 27.3 Å². The lowest BCUT2D eigenvalue weighted by atomic mass is 9.95. The van der Waals surface area contributed by atoms with Crippen LogP contribution in [0.15, 0.2) is 15.9 Å². The Bertz CT molecular complexity index is 352. The van der Waals surface area contributed by atoms with Gasteiger partial charge in [0.2, 0.25) is 0 Å². The Hall–Kier alpha value is 0.1000. The predicted octanol–water partition coefficient (Wildman–Crippen LogP) is 2.60. The average Bonchev–Trinajstić information content (AvgIpc) is 2.59. The number of hydrogen-bond acceptors (Lipinski definition) is 3. The van der Waals surface area contributed by atoms with Gasteiger partial charge in [0, 0.05) is 34.4 Å². The minimum atomic E-state index is 0.170. The number of rotatable bonds is 1. The molecular formula is C11H17BrN2S. The largest absolute Gasteiger partial charge is 0.303 e. The van der Waals surface area contributed by atoms with E-state index in [1.165, 1.54) is 15.9 Å². The van der Waals surface area contributed by atoms with Gasteiger partial charge in [0.15, 0.2) is 0 Å². The number of thiophene rings is 1. The molecule has 0 aliphatic carbocycles. The molecule has 0 bridgehead atoms. The van der Waals surface area contributed by atoms with E-state index in [4.69, 9.17) is 0 Å². The quantitative estimate of drug-likeness (QED) is 0.784. The molecule has 1 atom stereocenters. The normalized spacial score (nSPS) is 29.6. The van der Waals surface area contributed by atoms with Crippen molar-refractivity contribution in [2.45, 2.75) is 12.5 Å². The zero-order valence-electron chi connectivity index (χ0n) is 9.46. The first-order valence-corrected chi connectivity index (χ1v) is 6.84. The van der Waals surface area contributed by atoms with Crippen molar-refractivity contribution in [3.8, 4) is 0 Å². The van der Waals surface area contributed by atoms with Crippen LogP contribution in [0, 0.1) is 0 Å². The molecule has 1 aliphatic heterocycles. The fourth-order valence-corrected chi connectivity index (χ4v) is 3.79. The van der Waals surface area contributed by atoms with Crippen LogP contribution in [0.25, 0.3) is 0 Å². The van der Waals surface area contributed by atoms with Gasteiger partial charge in [0.25, 0.3) is 0 Å². The summed E-state index contributed by atoms with van der Waals surface area (Å²) in [4.78, 5) is 6.32. The second kappa shape index (κ2) is 4.17. The zero-order chi connectivity index (χ0) is 11.1. The molecule has 0 spiro atoms. The highest BCUT2D eigenvalue weighted by molar-refractivity contribution is 9.10. The lowest BCUT2D eigenvalue weighted by Gasteiger charge is -2.45. The summed E-state index contributed by atoms with van der Waals surface area (Å²) in [6.07, 6.45) is 0. The lowest BCUT2D eigenvalue weighted by molar-refractivity contribution is 0.0405. The molecule has 2 nitrogen and oxygen atoms in total. The number of hydrogen-bond donors (Lipinski definition) is 0. The summed E-state index contributed by atoms with van der Waals surface area (Å²) in [5.41, 5.74) is 0.170. The molecule has 0 radical (unpaired) electrons. The average molecular weight is 289 g/mol. The molecule has 84 valence electrons. The Morgan fingerprint density at radius 3 is 2.73 bits per heavy atom. The molecule has 1 aliphatic rings. The maximum Gasteiger partial charge on any atom is 0.0652 e. The molecule has 0 N–H and O–H groups in total. The number of nitrogens with zero attached hydrogens (tertiary/aromatic N) is 2. The lowest BCUT2D eigenvalue weighted by Crippen LogP contribution is -2.55. The minimum absolute atomic E-state index is 0.170. The van der Waals surface area contributed by atoms with Gasteiger partial charge in [-0.25, -0.2) is 0 Å². The monoisotopic (exact) mass is 288 g/mol. The topological polar surface area (TPSA) is 6.48 Å². The van der Waals surface area contributed by atoms with Crippen molar-refractivity contribution in [2.24, 2.45) is 0 Å². The first-order chi connectivity index (χ1) is 7.02. The van der Waals surface area contributed by atoms with E-state index in [-0.39, 0.29) is 5.54 Å². The van der Waals surface area contributed by atoms with Crippen molar-refractivity contribution >= 4 is 27.3 Å². The van der Waals surface area contributed by atoms with E-state index in [1.54, 1.807) is 0 Å². The molecule has 1 saturated heterocycles. The van der Waals surface area contributed by atoms with Gasteiger partial charge in [0.05, 0.1) is 5.54 Å². The van der Waals surface area contributed by atoms with Crippen LogP contribution in [0.4, 0.5) is 0 Å². The van der Waals surface area contributed by atoms with E-state index in [0.717, 1.165) is 13.1 Å². The molecule has 0 aromatic carbocycles. The van der Waals surface area contributed by atoms with E-state index in [1.807, 2.05) is 11.3 Å². The summed E-state index contributed by atoms with van der Waals surface area (Å²) < 4.78 is 1.20. The van der Waals surface area contributed by atoms with Gasteiger partial charge in [-0.3, -0.25) is 4.90 Å². The number of piperazine rings is 1. The molecule has 0 saturated carbocycles. The van der Waals surface area contributed by atoms with Gasteiger partial charge in [0.1, 0.15) is 0 Å². The maximum atomic E-state index is 3.54. The van der Waals surface area contributed by atoms with Gasteiger partial charge in [-0.1, -0.05) is 0 Å². The van der Waals surface area contributed by atoms with Crippen LogP contribution in [-0.4, -0.2) is 43.5 Å². The third-order valence-electron chi connectivity index (χ3n) is 3.34. The predicted molar refractivity (Wildman–Crippen MR) is 69.5 cm³/mol. The van der Waals surface area contributed by atoms with Crippen LogP contribution in [0.3, 0.4) is 0 Å². The first-order valence-electron chi connectivity index (χ1n) is 5.17. The van der Waals surface area contributed by atoms with Crippen molar-refractivity contribution in [1.29, 1.82) is 0 Å². The Kier molecular flexibility index (Phi) is 3.22. The molecule has 2 heterocycles. The summed E-state index contributed by atoms with van der Waals surface area (Å²) in [6.45, 7) is 5.75. The van der Waals surface area contributed by atoms with Crippen LogP contribution < -0.4 is 0 Å². The van der Waals surface area contributed by atoms with Crippen LogP contribution in [0.2, 0.25) is 0 Å². The zero-order valence-corrected chi connectivity index (χ0v) is 11.9. The van der Waals surface area contributed by atoms with E-state index >= 15 is 0 Å². The third kappa shape index (κ3) is 2.13. The Labute approximate surface area is 104 Å². The molecule has 1 fully saturated rings. The maximum absolute atomic E-state index is 3.54. The second-order valence-electron chi connectivity index (χ2n) is 4.56. The standard InChI is InChI=1S/C11H17BrN2S/c1-11(10-6-9(12)7-15-10)8-13(2)4-5-14(11)3/h6-7H,4-5,8H2,1-3H3. The first kappa shape index (κ1) is 11.6. The molecule has 4 heteroatoms. The van der Waals surface area contributed by atoms with Gasteiger partial charge in [-0.2, -0.15) is 0 Å². The van der Waals surface area contributed by atoms with Crippen molar-refractivity contribution in [3.05, 3.63) is 20.8 Å². The van der Waals surface area contributed by atoms with Gasteiger partial charge in [-0.05, 0) is 43.0 Å². The molecule has 15 heavy (non-hydrogen) atoms. The van der Waals surface area contributed by atoms with Crippen LogP contribution in [-0.2, 0) is 5.54 Å². The molecule has 0 amide bonds. The second-order valence-corrected chi connectivity index (χ2v) is 6.39. The van der Waals surface area contributed by atoms with Gasteiger partial charge >= 0.3 is 0 Å². The van der Waals surface area contributed by atoms with Crippen molar-refractivity contribution < 1.29 is 0 Å². The highest BCUT2D eigenvalue weighted by Crippen LogP contribution is 2.36. The fourth-order valence-electron chi connectivity index (χ4n) is 2.15. The van der Waals surface area contributed by atoms with Crippen molar-refractivity contribution in [1.82, 2.24) is 9.80 Å². The van der Waals surface area contributed by atoms with Crippen LogP contribution in [0.5, 0.6) is 0 Å². The van der Waals surface area contributed by atoms with E-state index in [2.05, 4.69) is 58.2 Å². The molecular weight excluding hydrogens is 272 g/mol. The van der Waals surface area contributed by atoms with Crippen molar-refractivity contribution in [2.75, 3.05) is 33.7 Å². The van der Waals surface area contributed by atoms with E-state index in [0.29, 0.717) is 0 Å². The highest BCUT2D eigenvalue weighted by atomic mass is 79.9. The van der Waals surface area contributed by atoms with Gasteiger partial charge < -0.3 is 4.90 Å². The fraction of sp³-hybridized carbons (Fsp3) is 0.636. The molecule has 1 aromatic rings. The number of halogens is 1. The minimum Gasteiger partial charge on any atom is -0.303 e. The SMILES string of the molecule is CN1CCN(C)C(C)(c2cc(Br)cs2)C1. The third-order valence-corrected chi connectivity index (χ3v) is 5.28. The Morgan fingerprint density at radius 2 is 2.13 bits per heavy atom. The van der Waals surface area contributed by atoms with Crippen LogP contribution in [0.1, 0.15) is 11.8 Å². The smallest absolute Gasteiger partial charge is 0.0652 e. The summed E-state index contributed by atoms with van der Waals surface area (Å²) >= 11 is 5.38. The summed E-state index contributed by atoms with van der Waals surface area (Å²) in [5.74, 6) is 0. The number of likely N-dealkylation sites (N-methyl/N-ethyl adjacent to an activating group) is 2. The summed E-state index contributed by atoms with van der Waals surface area (Å²) in [7, 11) is 4.43. The molecule has 1 unspecified atom stereocenters. The Morgan fingerprint density at radius 1 is 1.40 bits per heavy atom. The summed E-state index contributed by atoms with van der Waals surface area (Å²) in [5, 5.41) is 2.17. The summed E-state index contributed by atoms with van der Waals surface area (Å²) in [6, 6.07) is 2.25. The Balaban J connectivity index is 2.30. The van der Waals surface area contributed by atoms with Gasteiger partial charge in [-0.15, -0.1) is 11.3 Å². The highest BCUT2D eigenvalue weighted by Gasteiger charge is 2.36. The van der Waals surface area contributed by atoms with Crippen molar-refractivity contribution in [3.63, 3.8) is 0 Å². The van der Waals surface area contributed by atoms with E-state index in [9.17, 15) is 0 Å². The molecule has 2 rings (SSSR count). The van der Waals surface area contributed by atoms with E-state index < -0.39 is 0 Å². The molecule has 1 aromatic heterocycles.